The topological polar surface area (TPSA) is 39.9 Å². The van der Waals surface area contributed by atoms with Gasteiger partial charge in [0.05, 0.1) is 6.61 Å². The summed E-state index contributed by atoms with van der Waals surface area (Å²) >= 11 is 3.49. The highest BCUT2D eigenvalue weighted by atomic mass is 79.9. The zero-order chi connectivity index (χ0) is 11.9. The fraction of sp³-hybridized carbons (Fsp3) is 0.333. The van der Waals surface area contributed by atoms with Gasteiger partial charge in [-0.3, -0.25) is 0 Å². The van der Waals surface area contributed by atoms with E-state index in [1.165, 1.54) is 0 Å². The van der Waals surface area contributed by atoms with Gasteiger partial charge in [-0.15, -0.1) is 10.2 Å². The molecule has 1 atom stereocenters. The van der Waals surface area contributed by atoms with Crippen molar-refractivity contribution in [2.24, 2.45) is 7.05 Å². The maximum absolute atomic E-state index is 5.84. The monoisotopic (exact) mass is 293 g/mol. The van der Waals surface area contributed by atoms with Crippen molar-refractivity contribution in [1.82, 2.24) is 14.8 Å². The summed E-state index contributed by atoms with van der Waals surface area (Å²) in [6, 6.07) is 8.16. The molecule has 88 valence electrons. The number of hydrogen-bond acceptors (Lipinski definition) is 3. The van der Waals surface area contributed by atoms with E-state index in [2.05, 4.69) is 38.3 Å². The molecule has 1 aromatic carbocycles. The van der Waals surface area contributed by atoms with E-state index in [9.17, 15) is 0 Å². The second-order valence-electron chi connectivity index (χ2n) is 4.20. The molecule has 0 amide bonds. The molecule has 17 heavy (non-hydrogen) atoms. The molecule has 3 rings (SSSR count). The number of aryl methyl sites for hydroxylation is 1. The average Bonchev–Trinajstić information content (AvgIpc) is 2.64. The predicted molar refractivity (Wildman–Crippen MR) is 66.5 cm³/mol. The van der Waals surface area contributed by atoms with Crippen LogP contribution in [-0.2, 0) is 17.4 Å². The van der Waals surface area contributed by atoms with Gasteiger partial charge in [0.25, 0.3) is 0 Å². The molecule has 2 aromatic rings. The average molecular weight is 294 g/mol. The van der Waals surface area contributed by atoms with Crippen molar-refractivity contribution in [3.05, 3.63) is 46.5 Å². The highest BCUT2D eigenvalue weighted by Crippen LogP contribution is 2.42. The molecule has 1 unspecified atom stereocenters. The first kappa shape index (κ1) is 10.9. The van der Waals surface area contributed by atoms with Crippen LogP contribution in [0.1, 0.15) is 17.8 Å². The standard InChI is InChI=1S/C12H12BrN3O/c1-16-8-14-15-11(16)12(5-6-17-12)9-3-2-4-10(13)7-9/h2-4,7-8H,5-6H2,1H3. The van der Waals surface area contributed by atoms with E-state index >= 15 is 0 Å². The molecule has 1 fully saturated rings. The third-order valence-electron chi connectivity index (χ3n) is 3.17. The van der Waals surface area contributed by atoms with Crippen LogP contribution >= 0.6 is 15.9 Å². The summed E-state index contributed by atoms with van der Waals surface area (Å²) in [5.74, 6) is 0.863. The zero-order valence-corrected chi connectivity index (χ0v) is 11.0. The van der Waals surface area contributed by atoms with Crippen molar-refractivity contribution in [2.45, 2.75) is 12.0 Å². The third-order valence-corrected chi connectivity index (χ3v) is 3.66. The smallest absolute Gasteiger partial charge is 0.169 e. The number of rotatable bonds is 2. The number of benzene rings is 1. The highest BCUT2D eigenvalue weighted by Gasteiger charge is 2.45. The molecule has 0 saturated carbocycles. The van der Waals surface area contributed by atoms with Crippen LogP contribution in [0.5, 0.6) is 0 Å². The molecular formula is C12H12BrN3O. The maximum Gasteiger partial charge on any atom is 0.169 e. The molecule has 0 N–H and O–H groups in total. The normalized spacial score (nSPS) is 23.4. The van der Waals surface area contributed by atoms with Crippen molar-refractivity contribution < 1.29 is 4.74 Å². The number of nitrogens with zero attached hydrogens (tertiary/aromatic N) is 3. The number of ether oxygens (including phenoxy) is 1. The van der Waals surface area contributed by atoms with E-state index < -0.39 is 5.60 Å². The molecule has 0 spiro atoms. The van der Waals surface area contributed by atoms with E-state index in [0.717, 1.165) is 28.9 Å². The molecule has 1 aromatic heterocycles. The highest BCUT2D eigenvalue weighted by molar-refractivity contribution is 9.10. The van der Waals surface area contributed by atoms with Gasteiger partial charge in [-0.1, -0.05) is 28.1 Å². The summed E-state index contributed by atoms with van der Waals surface area (Å²) in [6.07, 6.45) is 2.65. The Morgan fingerprint density at radius 1 is 1.47 bits per heavy atom. The Balaban J connectivity index is 2.12. The Morgan fingerprint density at radius 3 is 2.82 bits per heavy atom. The Bertz CT molecular complexity index is 548. The molecule has 2 heterocycles. The van der Waals surface area contributed by atoms with Crippen molar-refractivity contribution in [3.63, 3.8) is 0 Å². The number of halogens is 1. The summed E-state index contributed by atoms with van der Waals surface area (Å²) in [4.78, 5) is 0. The maximum atomic E-state index is 5.84. The van der Waals surface area contributed by atoms with Gasteiger partial charge >= 0.3 is 0 Å². The minimum atomic E-state index is -0.422. The second kappa shape index (κ2) is 3.92. The number of hydrogen-bond donors (Lipinski definition) is 0. The van der Waals surface area contributed by atoms with Crippen LogP contribution in [0.15, 0.2) is 35.1 Å². The van der Waals surface area contributed by atoms with Crippen LogP contribution in [0.4, 0.5) is 0 Å². The van der Waals surface area contributed by atoms with Gasteiger partial charge < -0.3 is 9.30 Å². The lowest BCUT2D eigenvalue weighted by Crippen LogP contribution is -2.44. The molecule has 1 aliphatic rings. The van der Waals surface area contributed by atoms with Crippen LogP contribution in [0, 0.1) is 0 Å². The Kier molecular flexibility index (Phi) is 2.52. The van der Waals surface area contributed by atoms with Crippen LogP contribution in [-0.4, -0.2) is 21.4 Å². The lowest BCUT2D eigenvalue weighted by Gasteiger charge is -2.41. The summed E-state index contributed by atoms with van der Waals surface area (Å²) in [6.45, 7) is 0.763. The molecule has 5 heteroatoms. The predicted octanol–water partition coefficient (Wildman–Crippen LogP) is 2.24. The molecular weight excluding hydrogens is 282 g/mol. The first-order valence-corrected chi connectivity index (χ1v) is 6.26. The van der Waals surface area contributed by atoms with Crippen molar-refractivity contribution >= 4 is 15.9 Å². The Morgan fingerprint density at radius 2 is 2.29 bits per heavy atom. The number of aromatic nitrogens is 3. The van der Waals surface area contributed by atoms with E-state index in [-0.39, 0.29) is 0 Å². The summed E-state index contributed by atoms with van der Waals surface area (Å²) in [7, 11) is 1.94. The van der Waals surface area contributed by atoms with Gasteiger partial charge in [0, 0.05) is 17.9 Å². The molecule has 1 saturated heterocycles. The van der Waals surface area contributed by atoms with Crippen LogP contribution in [0.25, 0.3) is 0 Å². The first-order valence-electron chi connectivity index (χ1n) is 5.47. The summed E-state index contributed by atoms with van der Waals surface area (Å²) < 4.78 is 8.81. The van der Waals surface area contributed by atoms with E-state index in [1.807, 2.05) is 23.7 Å². The van der Waals surface area contributed by atoms with E-state index in [4.69, 9.17) is 4.74 Å². The summed E-state index contributed by atoms with van der Waals surface area (Å²) in [5, 5.41) is 8.13. The molecule has 0 bridgehead atoms. The van der Waals surface area contributed by atoms with Gasteiger partial charge in [-0.25, -0.2) is 0 Å². The van der Waals surface area contributed by atoms with Gasteiger partial charge in [0.15, 0.2) is 11.4 Å². The lowest BCUT2D eigenvalue weighted by atomic mass is 9.85. The van der Waals surface area contributed by atoms with Crippen molar-refractivity contribution in [3.8, 4) is 0 Å². The lowest BCUT2D eigenvalue weighted by molar-refractivity contribution is -0.130. The minimum absolute atomic E-state index is 0.422. The largest absolute Gasteiger partial charge is 0.362 e. The zero-order valence-electron chi connectivity index (χ0n) is 9.43. The van der Waals surface area contributed by atoms with Crippen LogP contribution < -0.4 is 0 Å². The third kappa shape index (κ3) is 1.61. The minimum Gasteiger partial charge on any atom is -0.362 e. The second-order valence-corrected chi connectivity index (χ2v) is 5.12. The van der Waals surface area contributed by atoms with Gasteiger partial charge in [-0.05, 0) is 17.7 Å². The molecule has 1 aliphatic heterocycles. The van der Waals surface area contributed by atoms with Crippen molar-refractivity contribution in [2.75, 3.05) is 6.61 Å². The van der Waals surface area contributed by atoms with Gasteiger partial charge in [-0.2, -0.15) is 0 Å². The van der Waals surface area contributed by atoms with Crippen molar-refractivity contribution in [1.29, 1.82) is 0 Å². The fourth-order valence-corrected chi connectivity index (χ4v) is 2.63. The SMILES string of the molecule is Cn1cnnc1C1(c2cccc(Br)c2)CCO1. The quantitative estimate of drug-likeness (QED) is 0.853. The van der Waals surface area contributed by atoms with E-state index in [0.29, 0.717) is 0 Å². The fourth-order valence-electron chi connectivity index (χ4n) is 2.23. The Hall–Kier alpha value is -1.20. The Labute approximate surface area is 108 Å². The summed E-state index contributed by atoms with van der Waals surface area (Å²) in [5.41, 5.74) is 0.698. The van der Waals surface area contributed by atoms with Gasteiger partial charge in [0.2, 0.25) is 0 Å². The van der Waals surface area contributed by atoms with E-state index in [1.54, 1.807) is 6.33 Å². The molecule has 4 nitrogen and oxygen atoms in total. The van der Waals surface area contributed by atoms with Gasteiger partial charge in [0.1, 0.15) is 6.33 Å². The molecule has 0 radical (unpaired) electrons. The van der Waals surface area contributed by atoms with Crippen LogP contribution in [0.2, 0.25) is 0 Å². The first-order chi connectivity index (χ1) is 8.22. The molecule has 0 aliphatic carbocycles. The van der Waals surface area contributed by atoms with Crippen LogP contribution in [0.3, 0.4) is 0 Å².